The second-order valence-corrected chi connectivity index (χ2v) is 9.17. The van der Waals surface area contributed by atoms with Crippen molar-refractivity contribution < 1.29 is 4.21 Å². The molecular weight excluding hydrogens is 232 g/mol. The Hall–Kier alpha value is -0.0900. The van der Waals surface area contributed by atoms with Crippen molar-refractivity contribution in [2.45, 2.75) is 58.0 Å². The van der Waals surface area contributed by atoms with Crippen molar-refractivity contribution in [3.63, 3.8) is 0 Å². The molecule has 1 rings (SSSR count). The van der Waals surface area contributed by atoms with E-state index >= 15 is 0 Å². The summed E-state index contributed by atoms with van der Waals surface area (Å²) in [5.41, 5.74) is 0.211. The van der Waals surface area contributed by atoms with Gasteiger partial charge in [0.2, 0.25) is 0 Å². The summed E-state index contributed by atoms with van der Waals surface area (Å²) >= 11 is 0. The fraction of sp³-hybridized carbons (Fsp3) is 1.00. The molecule has 1 aliphatic carbocycles. The van der Waals surface area contributed by atoms with Crippen molar-refractivity contribution in [3.05, 3.63) is 0 Å². The molecule has 1 N–H and O–H groups in total. The minimum atomic E-state index is -1.92. The van der Waals surface area contributed by atoms with Crippen molar-refractivity contribution in [2.75, 3.05) is 19.1 Å². The van der Waals surface area contributed by atoms with Gasteiger partial charge >= 0.3 is 0 Å². The highest BCUT2D eigenvalue weighted by Crippen LogP contribution is 2.26. The van der Waals surface area contributed by atoms with Gasteiger partial charge in [-0.2, -0.15) is 0 Å². The molecule has 0 aromatic carbocycles. The Balaban J connectivity index is 2.34. The molecule has 0 radical (unpaired) electrons. The molecule has 0 unspecified atom stereocenters. The lowest BCUT2D eigenvalue weighted by molar-refractivity contribution is 0.288. The maximum absolute atomic E-state index is 11.6. The van der Waals surface area contributed by atoms with E-state index in [1.165, 1.54) is 12.8 Å². The molecular formula is C13H28N2OS. The molecule has 0 heterocycles. The van der Waals surface area contributed by atoms with E-state index in [0.29, 0.717) is 6.04 Å². The maximum atomic E-state index is 11.6. The van der Waals surface area contributed by atoms with Crippen LogP contribution in [0.1, 0.15) is 46.5 Å². The van der Waals surface area contributed by atoms with Gasteiger partial charge in [-0.15, -0.1) is 0 Å². The van der Waals surface area contributed by atoms with Crippen LogP contribution in [-0.4, -0.2) is 34.8 Å². The van der Waals surface area contributed by atoms with Crippen LogP contribution in [-0.2, 0) is 9.73 Å². The number of nitrogens with zero attached hydrogens (tertiary/aromatic N) is 1. The van der Waals surface area contributed by atoms with E-state index in [0.717, 1.165) is 25.3 Å². The van der Waals surface area contributed by atoms with E-state index in [4.69, 9.17) is 0 Å². The first-order valence-corrected chi connectivity index (χ1v) is 8.90. The Labute approximate surface area is 107 Å². The molecule has 17 heavy (non-hydrogen) atoms. The van der Waals surface area contributed by atoms with Gasteiger partial charge in [0, 0.05) is 27.8 Å². The topological polar surface area (TPSA) is 41.5 Å². The molecule has 3 nitrogen and oxygen atoms in total. The Morgan fingerprint density at radius 2 is 1.71 bits per heavy atom. The summed E-state index contributed by atoms with van der Waals surface area (Å²) in [4.78, 5) is 0. The normalized spacial score (nSPS) is 26.9. The van der Waals surface area contributed by atoms with Gasteiger partial charge in [0.15, 0.2) is 0 Å². The summed E-state index contributed by atoms with van der Waals surface area (Å²) in [5.74, 6) is 0.769. The number of hydrogen-bond acceptors (Lipinski definition) is 3. The van der Waals surface area contributed by atoms with Gasteiger partial charge < -0.3 is 5.32 Å². The molecule has 0 bridgehead atoms. The van der Waals surface area contributed by atoms with Crippen LogP contribution in [0.3, 0.4) is 0 Å². The average Bonchev–Trinajstić information content (AvgIpc) is 2.13. The Morgan fingerprint density at radius 1 is 1.18 bits per heavy atom. The van der Waals surface area contributed by atoms with Crippen LogP contribution in [0.2, 0.25) is 0 Å². The van der Waals surface area contributed by atoms with E-state index in [1.807, 2.05) is 0 Å². The third-order valence-corrected chi connectivity index (χ3v) is 3.95. The first-order chi connectivity index (χ1) is 7.66. The lowest BCUT2D eigenvalue weighted by atomic mass is 9.86. The second kappa shape index (κ2) is 5.70. The zero-order chi connectivity index (χ0) is 13.1. The van der Waals surface area contributed by atoms with Gasteiger partial charge in [0.25, 0.3) is 0 Å². The van der Waals surface area contributed by atoms with Crippen LogP contribution in [0, 0.1) is 5.92 Å². The van der Waals surface area contributed by atoms with E-state index in [9.17, 15) is 4.21 Å². The summed E-state index contributed by atoms with van der Waals surface area (Å²) in [7, 11) is -1.92. The monoisotopic (exact) mass is 260 g/mol. The van der Waals surface area contributed by atoms with Gasteiger partial charge in [-0.3, -0.25) is 4.21 Å². The molecule has 0 aromatic heterocycles. The zero-order valence-corrected chi connectivity index (χ0v) is 12.8. The minimum Gasteiger partial charge on any atom is -0.312 e. The van der Waals surface area contributed by atoms with Crippen molar-refractivity contribution in [2.24, 2.45) is 10.3 Å². The summed E-state index contributed by atoms with van der Waals surface area (Å²) in [5, 5.41) is 3.57. The molecule has 0 aromatic rings. The van der Waals surface area contributed by atoms with Gasteiger partial charge in [0.1, 0.15) is 0 Å². The smallest absolute Gasteiger partial charge is 0.0594 e. The molecule has 0 aliphatic heterocycles. The number of hydrogen-bond donors (Lipinski definition) is 1. The third-order valence-electron chi connectivity index (χ3n) is 3.14. The second-order valence-electron chi connectivity index (χ2n) is 6.59. The molecule has 0 amide bonds. The third kappa shape index (κ3) is 7.04. The predicted octanol–water partition coefficient (Wildman–Crippen LogP) is 2.66. The van der Waals surface area contributed by atoms with Gasteiger partial charge in [-0.05, 0) is 58.9 Å². The van der Waals surface area contributed by atoms with E-state index in [2.05, 4.69) is 30.5 Å². The molecule has 0 atom stereocenters. The summed E-state index contributed by atoms with van der Waals surface area (Å²) in [6.07, 6.45) is 8.12. The van der Waals surface area contributed by atoms with Crippen LogP contribution in [0.5, 0.6) is 0 Å². The van der Waals surface area contributed by atoms with Crippen molar-refractivity contribution in [1.82, 2.24) is 5.32 Å². The SMILES string of the molecule is CC(C)(C)NCC1CCC(N=S(C)(C)=O)CC1. The minimum absolute atomic E-state index is 0.211. The lowest BCUT2D eigenvalue weighted by Crippen LogP contribution is -2.40. The predicted molar refractivity (Wildman–Crippen MR) is 75.9 cm³/mol. The maximum Gasteiger partial charge on any atom is 0.0594 e. The van der Waals surface area contributed by atoms with Gasteiger partial charge in [-0.1, -0.05) is 0 Å². The molecule has 1 fully saturated rings. The molecule has 4 heteroatoms. The molecule has 0 saturated heterocycles. The van der Waals surface area contributed by atoms with Crippen LogP contribution >= 0.6 is 0 Å². The van der Waals surface area contributed by atoms with Crippen molar-refractivity contribution in [1.29, 1.82) is 0 Å². The molecule has 102 valence electrons. The lowest BCUT2D eigenvalue weighted by Gasteiger charge is -2.30. The Kier molecular flexibility index (Phi) is 5.02. The van der Waals surface area contributed by atoms with Crippen molar-refractivity contribution >= 4 is 9.73 Å². The summed E-state index contributed by atoms with van der Waals surface area (Å²) < 4.78 is 16.0. The summed E-state index contributed by atoms with van der Waals surface area (Å²) in [6, 6.07) is 0.336. The highest BCUT2D eigenvalue weighted by molar-refractivity contribution is 7.92. The first kappa shape index (κ1) is 15.0. The number of rotatable bonds is 3. The highest BCUT2D eigenvalue weighted by Gasteiger charge is 2.22. The largest absolute Gasteiger partial charge is 0.312 e. The van der Waals surface area contributed by atoms with Crippen LogP contribution < -0.4 is 5.32 Å². The number of nitrogens with one attached hydrogen (secondary N) is 1. The zero-order valence-electron chi connectivity index (χ0n) is 12.0. The van der Waals surface area contributed by atoms with Gasteiger partial charge in [0.05, 0.1) is 6.04 Å². The fourth-order valence-corrected chi connectivity index (χ4v) is 3.19. The van der Waals surface area contributed by atoms with Crippen LogP contribution in [0.4, 0.5) is 0 Å². The molecule has 1 saturated carbocycles. The van der Waals surface area contributed by atoms with Gasteiger partial charge in [-0.25, -0.2) is 4.36 Å². The van der Waals surface area contributed by atoms with E-state index in [1.54, 1.807) is 12.5 Å². The van der Waals surface area contributed by atoms with Crippen LogP contribution in [0.15, 0.2) is 4.36 Å². The average molecular weight is 260 g/mol. The standard InChI is InChI=1S/C13H28N2OS/c1-13(2,3)14-10-11-6-8-12(9-7-11)15-17(4,5)16/h11-12,14H,6-10H2,1-5H3. The highest BCUT2D eigenvalue weighted by atomic mass is 32.2. The Morgan fingerprint density at radius 3 is 2.12 bits per heavy atom. The first-order valence-electron chi connectivity index (χ1n) is 6.57. The molecule has 0 spiro atoms. The van der Waals surface area contributed by atoms with Crippen molar-refractivity contribution in [3.8, 4) is 0 Å². The fourth-order valence-electron chi connectivity index (χ4n) is 2.26. The van der Waals surface area contributed by atoms with Crippen LogP contribution in [0.25, 0.3) is 0 Å². The van der Waals surface area contributed by atoms with E-state index in [-0.39, 0.29) is 5.54 Å². The quantitative estimate of drug-likeness (QED) is 0.847. The van der Waals surface area contributed by atoms with E-state index < -0.39 is 9.73 Å². The molecule has 1 aliphatic rings. The Bertz CT molecular complexity index is 335. The summed E-state index contributed by atoms with van der Waals surface area (Å²) in [6.45, 7) is 7.72.